The molecule has 7 nitrogen and oxygen atoms in total. The van der Waals surface area contributed by atoms with E-state index in [4.69, 9.17) is 9.26 Å². The average molecular weight is 390 g/mol. The standard InChI is InChI=1S/C22H22N4O3/c1-14-18(15(2)29-26-14)13-28-17-7-5-6-16(12-17)22(27)23-11-10-21-24-19-8-3-4-9-20(19)25-21/h3-9,12H,10-11,13H2,1-2H3,(H,23,27)(H,24,25). The van der Waals surface area contributed by atoms with Gasteiger partial charge in [0.25, 0.3) is 5.91 Å². The zero-order valence-corrected chi connectivity index (χ0v) is 16.4. The molecule has 2 N–H and O–H groups in total. The molecule has 4 aromatic rings. The number of amides is 1. The van der Waals surface area contributed by atoms with Gasteiger partial charge in [0.15, 0.2) is 0 Å². The number of para-hydroxylation sites is 2. The van der Waals surface area contributed by atoms with Crippen LogP contribution in [0.5, 0.6) is 5.75 Å². The van der Waals surface area contributed by atoms with E-state index in [0.717, 1.165) is 33.9 Å². The van der Waals surface area contributed by atoms with Crippen LogP contribution in [0.15, 0.2) is 53.1 Å². The molecule has 148 valence electrons. The molecule has 0 saturated heterocycles. The fraction of sp³-hybridized carbons (Fsp3) is 0.227. The molecule has 0 radical (unpaired) electrons. The van der Waals surface area contributed by atoms with Crippen LogP contribution in [0, 0.1) is 13.8 Å². The van der Waals surface area contributed by atoms with Crippen LogP contribution in [0.3, 0.4) is 0 Å². The zero-order chi connectivity index (χ0) is 20.2. The first-order valence-corrected chi connectivity index (χ1v) is 9.46. The average Bonchev–Trinajstić information content (AvgIpc) is 3.29. The van der Waals surface area contributed by atoms with E-state index >= 15 is 0 Å². The molecule has 7 heteroatoms. The van der Waals surface area contributed by atoms with Gasteiger partial charge >= 0.3 is 0 Å². The number of aryl methyl sites for hydroxylation is 2. The van der Waals surface area contributed by atoms with Crippen molar-refractivity contribution in [3.05, 3.63) is 76.9 Å². The number of hydrogen-bond acceptors (Lipinski definition) is 5. The number of hydrogen-bond donors (Lipinski definition) is 2. The predicted octanol–water partition coefficient (Wildman–Crippen LogP) is 3.72. The summed E-state index contributed by atoms with van der Waals surface area (Å²) in [6.07, 6.45) is 0.628. The largest absolute Gasteiger partial charge is 0.489 e. The number of nitrogens with zero attached hydrogens (tertiary/aromatic N) is 2. The highest BCUT2D eigenvalue weighted by Crippen LogP contribution is 2.18. The minimum Gasteiger partial charge on any atom is -0.489 e. The van der Waals surface area contributed by atoms with E-state index in [9.17, 15) is 4.79 Å². The van der Waals surface area contributed by atoms with E-state index in [1.54, 1.807) is 18.2 Å². The Morgan fingerprint density at radius 3 is 2.83 bits per heavy atom. The Kier molecular flexibility index (Phi) is 5.29. The zero-order valence-electron chi connectivity index (χ0n) is 16.4. The van der Waals surface area contributed by atoms with Crippen molar-refractivity contribution in [3.63, 3.8) is 0 Å². The van der Waals surface area contributed by atoms with Crippen molar-refractivity contribution in [1.29, 1.82) is 0 Å². The van der Waals surface area contributed by atoms with Gasteiger partial charge in [-0.2, -0.15) is 0 Å². The summed E-state index contributed by atoms with van der Waals surface area (Å²) in [5.74, 6) is 2.06. The second kappa shape index (κ2) is 8.18. The number of carbonyl (C=O) groups is 1. The highest BCUT2D eigenvalue weighted by atomic mass is 16.5. The summed E-state index contributed by atoms with van der Waals surface area (Å²) in [5, 5.41) is 6.85. The molecule has 2 heterocycles. The van der Waals surface area contributed by atoms with Crippen molar-refractivity contribution in [2.45, 2.75) is 26.9 Å². The highest BCUT2D eigenvalue weighted by molar-refractivity contribution is 5.94. The Bertz CT molecular complexity index is 1090. The molecular weight excluding hydrogens is 368 g/mol. The van der Waals surface area contributed by atoms with Crippen LogP contribution in [-0.4, -0.2) is 27.6 Å². The van der Waals surface area contributed by atoms with Crippen molar-refractivity contribution in [1.82, 2.24) is 20.4 Å². The number of imidazole rings is 1. The molecule has 2 aromatic heterocycles. The van der Waals surface area contributed by atoms with Gasteiger partial charge in [0.2, 0.25) is 0 Å². The molecule has 4 rings (SSSR count). The van der Waals surface area contributed by atoms with Gasteiger partial charge in [-0.25, -0.2) is 4.98 Å². The molecule has 0 atom stereocenters. The number of fused-ring (bicyclic) bond motifs is 1. The van der Waals surface area contributed by atoms with Gasteiger partial charge in [0, 0.05) is 18.5 Å². The second-order valence-electron chi connectivity index (χ2n) is 6.83. The maximum Gasteiger partial charge on any atom is 0.251 e. The van der Waals surface area contributed by atoms with Crippen molar-refractivity contribution < 1.29 is 14.1 Å². The molecule has 0 bridgehead atoms. The fourth-order valence-electron chi connectivity index (χ4n) is 3.11. The van der Waals surface area contributed by atoms with Gasteiger partial charge < -0.3 is 19.6 Å². The lowest BCUT2D eigenvalue weighted by molar-refractivity contribution is 0.0953. The van der Waals surface area contributed by atoms with E-state index in [2.05, 4.69) is 20.4 Å². The molecule has 1 amide bonds. The van der Waals surface area contributed by atoms with Gasteiger partial charge in [-0.15, -0.1) is 0 Å². The van der Waals surface area contributed by atoms with Crippen molar-refractivity contribution in [3.8, 4) is 5.75 Å². The number of H-pyrrole nitrogens is 1. The topological polar surface area (TPSA) is 93.0 Å². The summed E-state index contributed by atoms with van der Waals surface area (Å²) >= 11 is 0. The number of ether oxygens (including phenoxy) is 1. The Hall–Kier alpha value is -3.61. The number of benzene rings is 2. The smallest absolute Gasteiger partial charge is 0.251 e. The summed E-state index contributed by atoms with van der Waals surface area (Å²) in [6, 6.07) is 15.0. The van der Waals surface area contributed by atoms with E-state index in [0.29, 0.717) is 30.9 Å². The summed E-state index contributed by atoms with van der Waals surface area (Å²) < 4.78 is 11.0. The normalized spacial score (nSPS) is 11.0. The van der Waals surface area contributed by atoms with Crippen LogP contribution in [0.25, 0.3) is 11.0 Å². The Labute approximate surface area is 168 Å². The number of aromatic nitrogens is 3. The quantitative estimate of drug-likeness (QED) is 0.502. The van der Waals surface area contributed by atoms with Crippen molar-refractivity contribution in [2.24, 2.45) is 0 Å². The monoisotopic (exact) mass is 390 g/mol. The Morgan fingerprint density at radius 2 is 2.03 bits per heavy atom. The third kappa shape index (κ3) is 4.29. The van der Waals surface area contributed by atoms with Crippen LogP contribution in [0.4, 0.5) is 0 Å². The molecule has 0 spiro atoms. The molecule has 29 heavy (non-hydrogen) atoms. The van der Waals surface area contributed by atoms with Crippen molar-refractivity contribution >= 4 is 16.9 Å². The summed E-state index contributed by atoms with van der Waals surface area (Å²) in [5.41, 5.74) is 4.20. The van der Waals surface area contributed by atoms with Gasteiger partial charge in [-0.1, -0.05) is 23.4 Å². The minimum atomic E-state index is -0.149. The lowest BCUT2D eigenvalue weighted by Gasteiger charge is -2.08. The van der Waals surface area contributed by atoms with Crippen LogP contribution >= 0.6 is 0 Å². The Balaban J connectivity index is 1.33. The lowest BCUT2D eigenvalue weighted by atomic mass is 10.2. The van der Waals surface area contributed by atoms with Gasteiger partial charge in [0.05, 0.1) is 22.3 Å². The number of carbonyl (C=O) groups excluding carboxylic acids is 1. The molecule has 2 aromatic carbocycles. The van der Waals surface area contributed by atoms with Gasteiger partial charge in [-0.3, -0.25) is 4.79 Å². The molecule has 0 saturated carbocycles. The van der Waals surface area contributed by atoms with E-state index in [-0.39, 0.29) is 5.91 Å². The van der Waals surface area contributed by atoms with Crippen molar-refractivity contribution in [2.75, 3.05) is 6.54 Å². The van der Waals surface area contributed by atoms with Crippen LogP contribution in [-0.2, 0) is 13.0 Å². The van der Waals surface area contributed by atoms with Crippen LogP contribution in [0.1, 0.15) is 33.2 Å². The number of nitrogens with one attached hydrogen (secondary N) is 2. The van der Waals surface area contributed by atoms with E-state index in [1.807, 2.05) is 44.2 Å². The van der Waals surface area contributed by atoms with E-state index in [1.165, 1.54) is 0 Å². The van der Waals surface area contributed by atoms with Gasteiger partial charge in [-0.05, 0) is 44.2 Å². The maximum absolute atomic E-state index is 12.5. The molecule has 0 aliphatic rings. The van der Waals surface area contributed by atoms with Crippen LogP contribution in [0.2, 0.25) is 0 Å². The predicted molar refractivity (Wildman–Crippen MR) is 109 cm³/mol. The second-order valence-corrected chi connectivity index (χ2v) is 6.83. The third-order valence-electron chi connectivity index (χ3n) is 4.75. The first kappa shape index (κ1) is 18.7. The summed E-state index contributed by atoms with van der Waals surface area (Å²) in [4.78, 5) is 20.3. The molecular formula is C22H22N4O3. The number of aromatic amines is 1. The van der Waals surface area contributed by atoms with Gasteiger partial charge in [0.1, 0.15) is 23.9 Å². The molecule has 0 fully saturated rings. The van der Waals surface area contributed by atoms with Crippen LogP contribution < -0.4 is 10.1 Å². The Morgan fingerprint density at radius 1 is 1.17 bits per heavy atom. The summed E-state index contributed by atoms with van der Waals surface area (Å²) in [7, 11) is 0. The maximum atomic E-state index is 12.5. The SMILES string of the molecule is Cc1noc(C)c1COc1cccc(C(=O)NCCc2nc3ccccc3[nH]2)c1. The number of rotatable bonds is 7. The minimum absolute atomic E-state index is 0.149. The lowest BCUT2D eigenvalue weighted by Crippen LogP contribution is -2.25. The van der Waals surface area contributed by atoms with E-state index < -0.39 is 0 Å². The first-order valence-electron chi connectivity index (χ1n) is 9.46. The highest BCUT2D eigenvalue weighted by Gasteiger charge is 2.11. The first-order chi connectivity index (χ1) is 14.1. The molecule has 0 unspecified atom stereocenters. The fourth-order valence-corrected chi connectivity index (χ4v) is 3.11. The molecule has 0 aliphatic heterocycles. The molecule has 0 aliphatic carbocycles. The summed E-state index contributed by atoms with van der Waals surface area (Å²) in [6.45, 7) is 4.56. The third-order valence-corrected chi connectivity index (χ3v) is 4.75.